The van der Waals surface area contributed by atoms with Crippen molar-refractivity contribution < 1.29 is 23.5 Å². The molecule has 6 nitrogen and oxygen atoms in total. The Morgan fingerprint density at radius 1 is 1.10 bits per heavy atom. The lowest BCUT2D eigenvalue weighted by molar-refractivity contribution is -0.149. The van der Waals surface area contributed by atoms with Crippen molar-refractivity contribution in [3.05, 3.63) is 66.0 Å². The molecule has 1 aliphatic heterocycles. The number of benzene rings is 2. The number of methoxy groups -OCH3 is 1. The minimum Gasteiger partial charge on any atom is -0.491 e. The average Bonchev–Trinajstić information content (AvgIpc) is 2.78. The topological polar surface area (TPSA) is 67.9 Å². The second-order valence-electron chi connectivity index (χ2n) is 7.54. The Kier molecular flexibility index (Phi) is 6.92. The van der Waals surface area contributed by atoms with Crippen molar-refractivity contribution in [2.75, 3.05) is 26.8 Å². The zero-order chi connectivity index (χ0) is 21.6. The first-order chi connectivity index (χ1) is 14.4. The first-order valence-electron chi connectivity index (χ1n) is 10.0. The molecule has 1 unspecified atom stereocenters. The molecule has 30 heavy (non-hydrogen) atoms. The molecule has 1 heterocycles. The fraction of sp³-hybridized carbons (Fsp3) is 0.391. The van der Waals surface area contributed by atoms with Gasteiger partial charge in [0.05, 0.1) is 18.6 Å². The van der Waals surface area contributed by atoms with E-state index in [1.807, 2.05) is 37.3 Å². The maximum Gasteiger partial charge on any atom is 0.317 e. The molecule has 0 bridgehead atoms. The molecule has 0 radical (unpaired) electrons. The van der Waals surface area contributed by atoms with Crippen molar-refractivity contribution in [3.8, 4) is 5.75 Å². The van der Waals surface area contributed by atoms with Crippen LogP contribution in [-0.2, 0) is 14.9 Å². The molecule has 2 amide bonds. The van der Waals surface area contributed by atoms with Crippen molar-refractivity contribution in [1.29, 1.82) is 0 Å². The van der Waals surface area contributed by atoms with E-state index in [2.05, 4.69) is 5.32 Å². The Bertz CT molecular complexity index is 849. The van der Waals surface area contributed by atoms with Gasteiger partial charge in [-0.2, -0.15) is 0 Å². The fourth-order valence-corrected chi connectivity index (χ4v) is 3.75. The van der Waals surface area contributed by atoms with Crippen molar-refractivity contribution in [3.63, 3.8) is 0 Å². The summed E-state index contributed by atoms with van der Waals surface area (Å²) in [7, 11) is 1.40. The molecule has 1 atom stereocenters. The van der Waals surface area contributed by atoms with E-state index in [1.54, 1.807) is 17.0 Å². The molecule has 0 spiro atoms. The van der Waals surface area contributed by atoms with Gasteiger partial charge in [0.1, 0.15) is 18.2 Å². The molecular formula is C23H27FN2O4. The number of hydrogen-bond donors (Lipinski definition) is 1. The van der Waals surface area contributed by atoms with Crippen LogP contribution >= 0.6 is 0 Å². The van der Waals surface area contributed by atoms with E-state index in [1.165, 1.54) is 19.2 Å². The van der Waals surface area contributed by atoms with Gasteiger partial charge in [-0.05, 0) is 49.6 Å². The van der Waals surface area contributed by atoms with Crippen LogP contribution in [-0.4, -0.2) is 49.7 Å². The quantitative estimate of drug-likeness (QED) is 0.735. The lowest BCUT2D eigenvalue weighted by Gasteiger charge is -2.40. The number of nitrogens with one attached hydrogen (secondary N) is 1. The molecule has 7 heteroatoms. The molecule has 1 saturated heterocycles. The summed E-state index contributed by atoms with van der Waals surface area (Å²) in [6, 6.07) is 14.9. The number of urea groups is 1. The van der Waals surface area contributed by atoms with E-state index in [0.717, 1.165) is 5.56 Å². The molecule has 0 aromatic heterocycles. The molecule has 2 aromatic rings. The van der Waals surface area contributed by atoms with E-state index in [0.29, 0.717) is 31.7 Å². The van der Waals surface area contributed by atoms with E-state index >= 15 is 0 Å². The zero-order valence-corrected chi connectivity index (χ0v) is 17.3. The minimum absolute atomic E-state index is 0.197. The lowest BCUT2D eigenvalue weighted by Crippen LogP contribution is -2.53. The van der Waals surface area contributed by atoms with Gasteiger partial charge >= 0.3 is 12.0 Å². The smallest absolute Gasteiger partial charge is 0.317 e. The molecule has 160 valence electrons. The average molecular weight is 414 g/mol. The molecule has 3 rings (SSSR count). The number of carbonyl (C=O) groups excluding carboxylic acids is 2. The third-order valence-electron chi connectivity index (χ3n) is 5.49. The van der Waals surface area contributed by atoms with Gasteiger partial charge in [-0.25, -0.2) is 9.18 Å². The fourth-order valence-electron chi connectivity index (χ4n) is 3.75. The summed E-state index contributed by atoms with van der Waals surface area (Å²) < 4.78 is 23.6. The summed E-state index contributed by atoms with van der Waals surface area (Å²) in [6.45, 7) is 3.00. The van der Waals surface area contributed by atoms with Gasteiger partial charge < -0.3 is 19.7 Å². The van der Waals surface area contributed by atoms with Crippen LogP contribution in [0, 0.1) is 5.82 Å². The predicted octanol–water partition coefficient (Wildman–Crippen LogP) is 3.51. The number of likely N-dealkylation sites (tertiary alicyclic amines) is 1. The first-order valence-corrected chi connectivity index (χ1v) is 10.0. The highest BCUT2D eigenvalue weighted by Gasteiger charge is 2.44. The number of halogens is 1. The number of carbonyl (C=O) groups is 2. The third-order valence-corrected chi connectivity index (χ3v) is 5.49. The molecule has 2 aromatic carbocycles. The van der Waals surface area contributed by atoms with E-state index in [-0.39, 0.29) is 30.5 Å². The molecule has 1 aliphatic rings. The molecular weight excluding hydrogens is 387 g/mol. The Morgan fingerprint density at radius 3 is 2.33 bits per heavy atom. The minimum atomic E-state index is -0.732. The summed E-state index contributed by atoms with van der Waals surface area (Å²) in [4.78, 5) is 27.0. The molecule has 0 aliphatic carbocycles. The van der Waals surface area contributed by atoms with Crippen molar-refractivity contribution in [2.45, 2.75) is 31.2 Å². The number of ether oxygens (including phenoxy) is 2. The summed E-state index contributed by atoms with van der Waals surface area (Å²) >= 11 is 0. The second-order valence-corrected chi connectivity index (χ2v) is 7.54. The predicted molar refractivity (Wildman–Crippen MR) is 111 cm³/mol. The maximum atomic E-state index is 13.0. The monoisotopic (exact) mass is 414 g/mol. The van der Waals surface area contributed by atoms with Crippen LogP contribution < -0.4 is 10.1 Å². The summed E-state index contributed by atoms with van der Waals surface area (Å²) in [5, 5.41) is 2.91. The number of rotatable bonds is 6. The molecule has 0 saturated carbocycles. The summed E-state index contributed by atoms with van der Waals surface area (Å²) in [5.41, 5.74) is 0.183. The van der Waals surface area contributed by atoms with Crippen LogP contribution in [0.2, 0.25) is 0 Å². The largest absolute Gasteiger partial charge is 0.491 e. The van der Waals surface area contributed by atoms with Gasteiger partial charge in [0.2, 0.25) is 0 Å². The highest BCUT2D eigenvalue weighted by Crippen LogP contribution is 2.36. The summed E-state index contributed by atoms with van der Waals surface area (Å²) in [6.07, 6.45) is 0.995. The molecule has 1 fully saturated rings. The zero-order valence-electron chi connectivity index (χ0n) is 17.3. The Balaban J connectivity index is 1.54. The van der Waals surface area contributed by atoms with Crippen molar-refractivity contribution in [2.24, 2.45) is 0 Å². The third kappa shape index (κ3) is 4.90. The van der Waals surface area contributed by atoms with Gasteiger partial charge in [0, 0.05) is 13.1 Å². The normalized spacial score (nSPS) is 16.4. The lowest BCUT2D eigenvalue weighted by atomic mass is 9.73. The number of piperidine rings is 1. The van der Waals surface area contributed by atoms with Crippen LogP contribution in [0.15, 0.2) is 54.6 Å². The van der Waals surface area contributed by atoms with Gasteiger partial charge in [-0.1, -0.05) is 30.3 Å². The summed E-state index contributed by atoms with van der Waals surface area (Å²) in [5.74, 6) is -0.0525. The standard InChI is InChI=1S/C23H27FN2O4/c1-17(16-30-20-10-8-19(24)9-11-20)25-22(28)26-14-12-23(13-15-26,21(27)29-2)18-6-4-3-5-7-18/h3-11,17H,12-16H2,1-2H3,(H,25,28). The van der Waals surface area contributed by atoms with Crippen LogP contribution in [0.1, 0.15) is 25.3 Å². The van der Waals surface area contributed by atoms with Crippen LogP contribution in [0.25, 0.3) is 0 Å². The highest BCUT2D eigenvalue weighted by atomic mass is 19.1. The first kappa shape index (κ1) is 21.6. The van der Waals surface area contributed by atoms with Crippen molar-refractivity contribution in [1.82, 2.24) is 10.2 Å². The van der Waals surface area contributed by atoms with Crippen molar-refractivity contribution >= 4 is 12.0 Å². The van der Waals surface area contributed by atoms with Gasteiger partial charge in [0.15, 0.2) is 0 Å². The Morgan fingerprint density at radius 2 is 1.73 bits per heavy atom. The van der Waals surface area contributed by atoms with Crippen LogP contribution in [0.4, 0.5) is 9.18 Å². The molecule has 1 N–H and O–H groups in total. The number of hydrogen-bond acceptors (Lipinski definition) is 4. The number of nitrogens with zero attached hydrogens (tertiary/aromatic N) is 1. The highest BCUT2D eigenvalue weighted by molar-refractivity contribution is 5.84. The van der Waals surface area contributed by atoms with Gasteiger partial charge in [-0.15, -0.1) is 0 Å². The van der Waals surface area contributed by atoms with E-state index in [4.69, 9.17) is 9.47 Å². The van der Waals surface area contributed by atoms with Crippen LogP contribution in [0.3, 0.4) is 0 Å². The second kappa shape index (κ2) is 9.61. The van der Waals surface area contributed by atoms with Crippen LogP contribution in [0.5, 0.6) is 5.75 Å². The van der Waals surface area contributed by atoms with Gasteiger partial charge in [0.25, 0.3) is 0 Å². The Labute approximate surface area is 176 Å². The number of amides is 2. The van der Waals surface area contributed by atoms with Gasteiger partial charge in [-0.3, -0.25) is 4.79 Å². The maximum absolute atomic E-state index is 13.0. The SMILES string of the molecule is COC(=O)C1(c2ccccc2)CCN(C(=O)NC(C)COc2ccc(F)cc2)CC1. The van der Waals surface area contributed by atoms with E-state index < -0.39 is 5.41 Å². The number of esters is 1. The Hall–Kier alpha value is -3.09. The van der Waals surface area contributed by atoms with E-state index in [9.17, 15) is 14.0 Å².